The van der Waals surface area contributed by atoms with Crippen LogP contribution in [0.25, 0.3) is 21.2 Å². The molecule has 1 unspecified atom stereocenters. The fourth-order valence-electron chi connectivity index (χ4n) is 4.03. The first kappa shape index (κ1) is 21.9. The number of pyridine rings is 2. The number of fused-ring (bicyclic) bond motifs is 1. The van der Waals surface area contributed by atoms with Crippen LogP contribution in [0.5, 0.6) is 5.75 Å². The summed E-state index contributed by atoms with van der Waals surface area (Å²) >= 11 is 1.60. The van der Waals surface area contributed by atoms with Gasteiger partial charge in [0.05, 0.1) is 24.9 Å². The van der Waals surface area contributed by atoms with Crippen molar-refractivity contribution in [2.24, 2.45) is 7.05 Å². The minimum Gasteiger partial charge on any atom is -0.494 e. The fraction of sp³-hybridized carbons (Fsp3) is 0.429. The van der Waals surface area contributed by atoms with Crippen LogP contribution < -0.4 is 10.3 Å². The van der Waals surface area contributed by atoms with Gasteiger partial charge in [-0.25, -0.2) is 8.42 Å². The van der Waals surface area contributed by atoms with Crippen molar-refractivity contribution < 1.29 is 13.2 Å². The third kappa shape index (κ3) is 4.25. The maximum atomic E-state index is 12.8. The minimum absolute atomic E-state index is 0.0378. The number of thiophene rings is 1. The Kier molecular flexibility index (Phi) is 5.91. The summed E-state index contributed by atoms with van der Waals surface area (Å²) in [5.41, 5.74) is 1.79. The van der Waals surface area contributed by atoms with E-state index in [1.807, 2.05) is 25.3 Å². The molecule has 1 saturated heterocycles. The first-order valence-corrected chi connectivity index (χ1v) is 12.6. The first-order valence-electron chi connectivity index (χ1n) is 9.98. The summed E-state index contributed by atoms with van der Waals surface area (Å²) in [7, 11) is 0.180. The summed E-state index contributed by atoms with van der Waals surface area (Å²) in [5, 5.41) is 0.682. The Labute approximate surface area is 185 Å². The largest absolute Gasteiger partial charge is 0.494 e. The number of piperazine rings is 1. The quantitative estimate of drug-likeness (QED) is 0.578. The molecule has 0 saturated carbocycles. The number of ether oxygens (including phenoxy) is 1. The number of rotatable bonds is 5. The van der Waals surface area contributed by atoms with Crippen molar-refractivity contribution in [2.45, 2.75) is 19.5 Å². The molecular formula is C21H26N4O4S2. The van der Waals surface area contributed by atoms with E-state index in [1.165, 1.54) is 10.6 Å². The molecule has 0 radical (unpaired) electrons. The second-order valence-corrected chi connectivity index (χ2v) is 11.0. The molecule has 1 atom stereocenters. The Bertz CT molecular complexity index is 1280. The Morgan fingerprint density at radius 1 is 1.29 bits per heavy atom. The molecule has 4 heterocycles. The zero-order chi connectivity index (χ0) is 22.3. The lowest BCUT2D eigenvalue weighted by Crippen LogP contribution is -2.52. The number of hydrogen-bond donors (Lipinski definition) is 0. The van der Waals surface area contributed by atoms with Gasteiger partial charge < -0.3 is 9.30 Å². The Morgan fingerprint density at radius 3 is 2.74 bits per heavy atom. The van der Waals surface area contributed by atoms with Crippen molar-refractivity contribution in [3.63, 3.8) is 0 Å². The van der Waals surface area contributed by atoms with Gasteiger partial charge in [-0.1, -0.05) is 0 Å². The van der Waals surface area contributed by atoms with E-state index in [4.69, 9.17) is 4.74 Å². The normalized spacial score (nSPS) is 18.5. The number of aromatic nitrogens is 2. The lowest BCUT2D eigenvalue weighted by molar-refractivity contribution is 0.123. The van der Waals surface area contributed by atoms with Crippen LogP contribution in [0, 0.1) is 0 Å². The number of hydrogen-bond acceptors (Lipinski definition) is 7. The zero-order valence-electron chi connectivity index (χ0n) is 18.0. The van der Waals surface area contributed by atoms with E-state index in [0.717, 1.165) is 20.7 Å². The van der Waals surface area contributed by atoms with E-state index in [9.17, 15) is 13.2 Å². The minimum atomic E-state index is -3.18. The molecular weight excluding hydrogens is 436 g/mol. The van der Waals surface area contributed by atoms with Crippen LogP contribution in [0.3, 0.4) is 0 Å². The Morgan fingerprint density at radius 2 is 2.06 bits per heavy atom. The molecule has 8 nitrogen and oxygen atoms in total. The van der Waals surface area contributed by atoms with Gasteiger partial charge in [-0.2, -0.15) is 4.31 Å². The van der Waals surface area contributed by atoms with E-state index in [0.29, 0.717) is 37.3 Å². The van der Waals surface area contributed by atoms with Gasteiger partial charge in [0.2, 0.25) is 10.0 Å². The van der Waals surface area contributed by atoms with E-state index in [1.54, 1.807) is 42.5 Å². The van der Waals surface area contributed by atoms with Gasteiger partial charge >= 0.3 is 0 Å². The molecule has 0 aromatic carbocycles. The van der Waals surface area contributed by atoms with E-state index in [-0.39, 0.29) is 11.6 Å². The predicted octanol–water partition coefficient (Wildman–Crippen LogP) is 2.14. The second kappa shape index (κ2) is 8.34. The molecule has 0 spiro atoms. The van der Waals surface area contributed by atoms with Crippen LogP contribution in [0.1, 0.15) is 11.8 Å². The monoisotopic (exact) mass is 462 g/mol. The standard InChI is InChI=1S/C21H26N4O4S2/c1-14-11-25(31(4,27)28)8-7-24(14)12-15-9-17-20(30-15)18(13-23(2)21(17)26)16-5-6-22-10-19(16)29-3/h5-6,9-10,13-14H,7-8,11-12H2,1-4H3. The van der Waals surface area contributed by atoms with Crippen LogP contribution in [-0.4, -0.2) is 66.2 Å². The third-order valence-electron chi connectivity index (χ3n) is 5.75. The molecule has 31 heavy (non-hydrogen) atoms. The number of aryl methyl sites for hydroxylation is 1. The van der Waals surface area contributed by atoms with Gasteiger partial charge in [0.1, 0.15) is 5.75 Å². The average Bonchev–Trinajstić information content (AvgIpc) is 3.15. The van der Waals surface area contributed by atoms with Crippen LogP contribution >= 0.6 is 11.3 Å². The van der Waals surface area contributed by atoms with E-state index < -0.39 is 10.0 Å². The van der Waals surface area contributed by atoms with Gasteiger partial charge in [0.25, 0.3) is 5.56 Å². The molecule has 0 bridgehead atoms. The van der Waals surface area contributed by atoms with Crippen molar-refractivity contribution >= 4 is 31.4 Å². The lowest BCUT2D eigenvalue weighted by Gasteiger charge is -2.38. The second-order valence-electron chi connectivity index (χ2n) is 7.93. The summed E-state index contributed by atoms with van der Waals surface area (Å²) in [6.45, 7) is 4.33. The summed E-state index contributed by atoms with van der Waals surface area (Å²) in [5.74, 6) is 0.655. The molecule has 1 aliphatic rings. The summed E-state index contributed by atoms with van der Waals surface area (Å²) < 4.78 is 33.3. The van der Waals surface area contributed by atoms with Crippen LogP contribution in [0.4, 0.5) is 0 Å². The number of nitrogens with zero attached hydrogens (tertiary/aromatic N) is 4. The summed E-state index contributed by atoms with van der Waals surface area (Å²) in [6, 6.07) is 3.95. The highest BCUT2D eigenvalue weighted by molar-refractivity contribution is 7.88. The van der Waals surface area contributed by atoms with Crippen molar-refractivity contribution in [3.8, 4) is 16.9 Å². The van der Waals surface area contributed by atoms with Crippen LogP contribution in [0.2, 0.25) is 0 Å². The van der Waals surface area contributed by atoms with Crippen LogP contribution in [-0.2, 0) is 23.6 Å². The van der Waals surface area contributed by atoms with Gasteiger partial charge in [-0.3, -0.25) is 14.7 Å². The summed E-state index contributed by atoms with van der Waals surface area (Å²) in [4.78, 5) is 20.3. The van der Waals surface area contributed by atoms with E-state index in [2.05, 4.69) is 9.88 Å². The average molecular weight is 463 g/mol. The van der Waals surface area contributed by atoms with Gasteiger partial charge in [-0.05, 0) is 19.1 Å². The highest BCUT2D eigenvalue weighted by Crippen LogP contribution is 2.37. The highest BCUT2D eigenvalue weighted by Gasteiger charge is 2.29. The zero-order valence-corrected chi connectivity index (χ0v) is 19.7. The number of sulfonamides is 1. The van der Waals surface area contributed by atoms with Gasteiger partial charge in [-0.15, -0.1) is 11.3 Å². The van der Waals surface area contributed by atoms with Crippen molar-refractivity contribution in [1.29, 1.82) is 0 Å². The molecule has 1 aliphatic heterocycles. The first-order chi connectivity index (χ1) is 14.7. The topological polar surface area (TPSA) is 84.7 Å². The van der Waals surface area contributed by atoms with E-state index >= 15 is 0 Å². The molecule has 0 amide bonds. The molecule has 3 aromatic heterocycles. The van der Waals surface area contributed by atoms with Gasteiger partial charge in [0, 0.05) is 72.4 Å². The Balaban J connectivity index is 1.70. The SMILES string of the molecule is COc1cnccc1-c1cn(C)c(=O)c2cc(CN3CCN(S(C)(=O)=O)CC3C)sc12. The fourth-order valence-corrected chi connectivity index (χ4v) is 6.13. The van der Waals surface area contributed by atoms with Crippen molar-refractivity contribution in [2.75, 3.05) is 33.0 Å². The van der Waals surface area contributed by atoms with Crippen LogP contribution in [0.15, 0.2) is 35.5 Å². The maximum absolute atomic E-state index is 12.8. The molecule has 4 rings (SSSR count). The molecule has 1 fully saturated rings. The Hall–Kier alpha value is -2.27. The highest BCUT2D eigenvalue weighted by atomic mass is 32.2. The van der Waals surface area contributed by atoms with Crippen molar-refractivity contribution in [3.05, 3.63) is 46.0 Å². The maximum Gasteiger partial charge on any atom is 0.259 e. The van der Waals surface area contributed by atoms with Crippen molar-refractivity contribution in [1.82, 2.24) is 18.8 Å². The molecule has 0 N–H and O–H groups in total. The molecule has 10 heteroatoms. The van der Waals surface area contributed by atoms with Gasteiger partial charge in [0.15, 0.2) is 0 Å². The predicted molar refractivity (Wildman–Crippen MR) is 123 cm³/mol. The molecule has 166 valence electrons. The molecule has 0 aliphatic carbocycles. The summed E-state index contributed by atoms with van der Waals surface area (Å²) in [6.07, 6.45) is 6.48. The third-order valence-corrected chi connectivity index (χ3v) is 8.17. The molecule has 3 aromatic rings. The smallest absolute Gasteiger partial charge is 0.259 e. The lowest BCUT2D eigenvalue weighted by atomic mass is 10.1. The number of methoxy groups -OCH3 is 1.